The van der Waals surface area contributed by atoms with E-state index in [2.05, 4.69) is 0 Å². The second kappa shape index (κ2) is 4.66. The molecule has 12 heavy (non-hydrogen) atoms. The highest BCUT2D eigenvalue weighted by Gasteiger charge is 2.28. The van der Waals surface area contributed by atoms with Gasteiger partial charge in [0, 0.05) is 12.5 Å². The first-order chi connectivity index (χ1) is 5.41. The summed E-state index contributed by atoms with van der Waals surface area (Å²) in [6, 6.07) is 0. The van der Waals surface area contributed by atoms with Crippen LogP contribution in [0.4, 0.5) is 0 Å². The molecule has 0 amide bonds. The molecule has 3 heteroatoms. The second-order valence-corrected chi connectivity index (χ2v) is 3.47. The number of ketones is 1. The molecule has 1 atom stereocenters. The summed E-state index contributed by atoms with van der Waals surface area (Å²) < 4.78 is 5.23. The zero-order chi connectivity index (χ0) is 9.78. The third-order valence-corrected chi connectivity index (χ3v) is 1.62. The van der Waals surface area contributed by atoms with Gasteiger partial charge in [-0.15, -0.1) is 0 Å². The average molecular weight is 168 g/mol. The molecule has 0 saturated carbocycles. The van der Waals surface area contributed by atoms with E-state index < -0.39 is 5.50 Å². The molecule has 2 radical (unpaired) electrons. The van der Waals surface area contributed by atoms with Crippen LogP contribution in [0.15, 0.2) is 0 Å². The quantitative estimate of drug-likeness (QED) is 0.581. The Hall–Kier alpha value is -0.305. The zero-order valence-electron chi connectivity index (χ0n) is 8.39. The van der Waals surface area contributed by atoms with Crippen LogP contribution in [0.25, 0.3) is 0 Å². The molecule has 0 saturated heterocycles. The minimum absolute atomic E-state index is 0.0454. The van der Waals surface area contributed by atoms with Gasteiger partial charge in [0.15, 0.2) is 5.78 Å². The minimum atomic E-state index is -1.11. The number of carbonyl (C=O) groups is 1. The topological polar surface area (TPSA) is 26.3 Å². The molecule has 0 aromatic heterocycles. The Morgan fingerprint density at radius 2 is 2.08 bits per heavy atom. The standard InChI is InChI=1S/C9H17BO2/c1-5-6-12-9(4,10)8(11)7(2)3/h7H,5-6H2,1-4H3. The van der Waals surface area contributed by atoms with E-state index >= 15 is 0 Å². The Labute approximate surface area is 76.1 Å². The van der Waals surface area contributed by atoms with Crippen molar-refractivity contribution in [2.75, 3.05) is 6.61 Å². The zero-order valence-corrected chi connectivity index (χ0v) is 8.39. The molecule has 68 valence electrons. The van der Waals surface area contributed by atoms with E-state index in [1.165, 1.54) is 0 Å². The van der Waals surface area contributed by atoms with Crippen molar-refractivity contribution in [2.45, 2.75) is 39.6 Å². The van der Waals surface area contributed by atoms with Crippen molar-refractivity contribution in [3.8, 4) is 0 Å². The van der Waals surface area contributed by atoms with Crippen LogP contribution >= 0.6 is 0 Å². The molecule has 0 aliphatic heterocycles. The van der Waals surface area contributed by atoms with E-state index in [0.29, 0.717) is 6.61 Å². The van der Waals surface area contributed by atoms with Crippen molar-refractivity contribution in [3.63, 3.8) is 0 Å². The van der Waals surface area contributed by atoms with Gasteiger partial charge in [0.05, 0.1) is 5.50 Å². The van der Waals surface area contributed by atoms with Crippen LogP contribution in [0.2, 0.25) is 0 Å². The Morgan fingerprint density at radius 1 is 1.58 bits per heavy atom. The van der Waals surface area contributed by atoms with Gasteiger partial charge in [0.1, 0.15) is 7.85 Å². The van der Waals surface area contributed by atoms with E-state index in [9.17, 15) is 4.79 Å². The molecule has 0 aliphatic rings. The third-order valence-electron chi connectivity index (χ3n) is 1.62. The maximum atomic E-state index is 11.4. The SMILES string of the molecule is [B]C(C)(OCCC)C(=O)C(C)C. The number of hydrogen-bond acceptors (Lipinski definition) is 2. The van der Waals surface area contributed by atoms with E-state index in [1.807, 2.05) is 20.8 Å². The molecule has 1 unspecified atom stereocenters. The van der Waals surface area contributed by atoms with Crippen molar-refractivity contribution in [2.24, 2.45) is 5.92 Å². The summed E-state index contributed by atoms with van der Waals surface area (Å²) in [5.41, 5.74) is -1.11. The highest BCUT2D eigenvalue weighted by molar-refractivity contribution is 6.27. The van der Waals surface area contributed by atoms with Crippen LogP contribution in [-0.4, -0.2) is 25.7 Å². The largest absolute Gasteiger partial charge is 0.378 e. The van der Waals surface area contributed by atoms with Crippen molar-refractivity contribution < 1.29 is 9.53 Å². The third kappa shape index (κ3) is 3.39. The van der Waals surface area contributed by atoms with Crippen LogP contribution in [0.5, 0.6) is 0 Å². The summed E-state index contributed by atoms with van der Waals surface area (Å²) in [5.74, 6) is -0.118. The molecule has 0 N–H and O–H groups in total. The number of Topliss-reactive ketones (excluding diaryl/α,β-unsaturated/α-hetero) is 1. The lowest BCUT2D eigenvalue weighted by molar-refractivity contribution is -0.136. The Balaban J connectivity index is 4.09. The predicted molar refractivity (Wildman–Crippen MR) is 50.2 cm³/mol. The van der Waals surface area contributed by atoms with Gasteiger partial charge in [-0.3, -0.25) is 4.79 Å². The van der Waals surface area contributed by atoms with Gasteiger partial charge in [-0.2, -0.15) is 0 Å². The van der Waals surface area contributed by atoms with Crippen LogP contribution < -0.4 is 0 Å². The summed E-state index contributed by atoms with van der Waals surface area (Å²) in [4.78, 5) is 11.4. The summed E-state index contributed by atoms with van der Waals surface area (Å²) >= 11 is 0. The van der Waals surface area contributed by atoms with Gasteiger partial charge in [-0.25, -0.2) is 0 Å². The summed E-state index contributed by atoms with van der Waals surface area (Å²) in [7, 11) is 5.68. The van der Waals surface area contributed by atoms with E-state index in [4.69, 9.17) is 12.6 Å². The van der Waals surface area contributed by atoms with Crippen LogP contribution in [0, 0.1) is 5.92 Å². The lowest BCUT2D eigenvalue weighted by Gasteiger charge is -2.26. The molecular formula is C9H17BO2. The summed E-state index contributed by atoms with van der Waals surface area (Å²) in [6.07, 6.45) is 0.873. The van der Waals surface area contributed by atoms with Gasteiger partial charge in [0.2, 0.25) is 0 Å². The van der Waals surface area contributed by atoms with Crippen molar-refractivity contribution in [3.05, 3.63) is 0 Å². The van der Waals surface area contributed by atoms with Crippen LogP contribution in [-0.2, 0) is 9.53 Å². The number of hydrogen-bond donors (Lipinski definition) is 0. The lowest BCUT2D eigenvalue weighted by atomic mass is 9.76. The highest BCUT2D eigenvalue weighted by Crippen LogP contribution is 2.13. The lowest BCUT2D eigenvalue weighted by Crippen LogP contribution is -2.41. The van der Waals surface area contributed by atoms with E-state index in [0.717, 1.165) is 6.42 Å². The Kier molecular flexibility index (Phi) is 4.54. The number of carbonyl (C=O) groups excluding carboxylic acids is 1. The maximum Gasteiger partial charge on any atom is 0.157 e. The minimum Gasteiger partial charge on any atom is -0.378 e. The van der Waals surface area contributed by atoms with Gasteiger partial charge in [-0.1, -0.05) is 20.8 Å². The molecule has 0 heterocycles. The molecule has 0 aromatic carbocycles. The molecule has 0 rings (SSSR count). The maximum absolute atomic E-state index is 11.4. The van der Waals surface area contributed by atoms with E-state index in [1.54, 1.807) is 6.92 Å². The second-order valence-electron chi connectivity index (χ2n) is 3.47. The molecule has 0 aliphatic carbocycles. The molecule has 0 fully saturated rings. The first-order valence-corrected chi connectivity index (χ1v) is 4.39. The monoisotopic (exact) mass is 168 g/mol. The van der Waals surface area contributed by atoms with E-state index in [-0.39, 0.29) is 11.7 Å². The summed E-state index contributed by atoms with van der Waals surface area (Å²) in [5, 5.41) is 0. The van der Waals surface area contributed by atoms with Crippen LogP contribution in [0.3, 0.4) is 0 Å². The fraction of sp³-hybridized carbons (Fsp3) is 0.889. The number of rotatable bonds is 5. The first kappa shape index (κ1) is 11.7. The predicted octanol–water partition coefficient (Wildman–Crippen LogP) is 1.52. The molecule has 2 nitrogen and oxygen atoms in total. The first-order valence-electron chi connectivity index (χ1n) is 4.39. The molecule has 0 bridgehead atoms. The van der Waals surface area contributed by atoms with Gasteiger partial charge in [0.25, 0.3) is 0 Å². The van der Waals surface area contributed by atoms with Gasteiger partial charge >= 0.3 is 0 Å². The fourth-order valence-corrected chi connectivity index (χ4v) is 0.958. The molecule has 0 spiro atoms. The van der Waals surface area contributed by atoms with Crippen molar-refractivity contribution in [1.29, 1.82) is 0 Å². The van der Waals surface area contributed by atoms with Gasteiger partial charge in [-0.05, 0) is 13.3 Å². The van der Waals surface area contributed by atoms with Gasteiger partial charge < -0.3 is 4.74 Å². The van der Waals surface area contributed by atoms with Crippen molar-refractivity contribution in [1.82, 2.24) is 0 Å². The fourth-order valence-electron chi connectivity index (χ4n) is 0.958. The molecular weight excluding hydrogens is 151 g/mol. The average Bonchev–Trinajstić information content (AvgIpc) is 1.99. The van der Waals surface area contributed by atoms with Crippen LogP contribution in [0.1, 0.15) is 34.1 Å². The smallest absolute Gasteiger partial charge is 0.157 e. The molecule has 0 aromatic rings. The Bertz CT molecular complexity index is 153. The summed E-state index contributed by atoms with van der Waals surface area (Å²) in [6.45, 7) is 7.78. The highest BCUT2D eigenvalue weighted by atomic mass is 16.5. The number of ether oxygens (including phenoxy) is 1. The normalized spacial score (nSPS) is 16.1. The van der Waals surface area contributed by atoms with Crippen molar-refractivity contribution >= 4 is 13.6 Å². The Morgan fingerprint density at radius 3 is 2.42 bits per heavy atom.